The van der Waals surface area contributed by atoms with Crippen LogP contribution in [0.25, 0.3) is 10.9 Å². The highest BCUT2D eigenvalue weighted by molar-refractivity contribution is 5.90. The molecule has 0 spiro atoms. The van der Waals surface area contributed by atoms with Crippen LogP contribution in [0.1, 0.15) is 25.0 Å². The zero-order chi connectivity index (χ0) is 16.4. The van der Waals surface area contributed by atoms with Crippen LogP contribution in [-0.2, 0) is 0 Å². The summed E-state index contributed by atoms with van der Waals surface area (Å²) in [5, 5.41) is 7.77. The molecule has 3 aromatic rings. The molecule has 0 saturated heterocycles. The molecule has 0 radical (unpaired) electrons. The molecule has 0 bridgehead atoms. The number of benzene rings is 2. The zero-order valence-corrected chi connectivity index (χ0v) is 14.0. The first-order valence-corrected chi connectivity index (χ1v) is 7.90. The topological polar surface area (TPSA) is 49.8 Å². The van der Waals surface area contributed by atoms with E-state index in [4.69, 9.17) is 0 Å². The minimum Gasteiger partial charge on any atom is -0.367 e. The second kappa shape index (κ2) is 6.24. The Morgan fingerprint density at radius 1 is 0.913 bits per heavy atom. The molecule has 3 rings (SSSR count). The summed E-state index contributed by atoms with van der Waals surface area (Å²) in [6.07, 6.45) is 0. The van der Waals surface area contributed by atoms with Gasteiger partial charge in [-0.1, -0.05) is 18.2 Å². The quantitative estimate of drug-likeness (QED) is 0.726. The van der Waals surface area contributed by atoms with Crippen molar-refractivity contribution in [3.63, 3.8) is 0 Å². The molecule has 1 heterocycles. The highest BCUT2D eigenvalue weighted by Crippen LogP contribution is 2.24. The first-order chi connectivity index (χ1) is 11.0. The van der Waals surface area contributed by atoms with E-state index in [0.29, 0.717) is 12.0 Å². The summed E-state index contributed by atoms with van der Waals surface area (Å²) in [6.45, 7) is 8.39. The van der Waals surface area contributed by atoms with Gasteiger partial charge in [-0.15, -0.1) is 0 Å². The van der Waals surface area contributed by atoms with Crippen molar-refractivity contribution in [2.45, 2.75) is 33.7 Å². The van der Waals surface area contributed by atoms with E-state index >= 15 is 0 Å². The Kier molecular flexibility index (Phi) is 4.15. The molecule has 4 heteroatoms. The lowest BCUT2D eigenvalue weighted by molar-refractivity contribution is 0.891. The fraction of sp³-hybridized carbons (Fsp3) is 0.263. The average molecular weight is 306 g/mol. The molecule has 4 nitrogen and oxygen atoms in total. The minimum atomic E-state index is 0.308. The van der Waals surface area contributed by atoms with Crippen LogP contribution in [0.5, 0.6) is 0 Å². The van der Waals surface area contributed by atoms with Gasteiger partial charge >= 0.3 is 0 Å². The van der Waals surface area contributed by atoms with E-state index in [9.17, 15) is 0 Å². The van der Waals surface area contributed by atoms with Crippen LogP contribution < -0.4 is 10.6 Å². The molecule has 0 aliphatic heterocycles. The fourth-order valence-electron chi connectivity index (χ4n) is 2.69. The number of aryl methyl sites for hydroxylation is 2. The summed E-state index contributed by atoms with van der Waals surface area (Å²) in [5.74, 6) is 1.47. The van der Waals surface area contributed by atoms with Crippen molar-refractivity contribution >= 4 is 28.4 Å². The Morgan fingerprint density at radius 2 is 1.61 bits per heavy atom. The van der Waals surface area contributed by atoms with Crippen LogP contribution in [-0.4, -0.2) is 16.0 Å². The van der Waals surface area contributed by atoms with Crippen molar-refractivity contribution in [1.29, 1.82) is 0 Å². The van der Waals surface area contributed by atoms with Crippen molar-refractivity contribution in [3.05, 3.63) is 53.6 Å². The van der Waals surface area contributed by atoms with E-state index in [1.54, 1.807) is 0 Å². The van der Waals surface area contributed by atoms with Gasteiger partial charge in [0.25, 0.3) is 0 Å². The monoisotopic (exact) mass is 306 g/mol. The van der Waals surface area contributed by atoms with E-state index in [0.717, 1.165) is 22.4 Å². The third-order valence-electron chi connectivity index (χ3n) is 3.51. The van der Waals surface area contributed by atoms with Crippen molar-refractivity contribution in [2.24, 2.45) is 0 Å². The molecule has 0 unspecified atom stereocenters. The van der Waals surface area contributed by atoms with Crippen LogP contribution in [0.15, 0.2) is 42.5 Å². The number of hydrogen-bond acceptors (Lipinski definition) is 4. The maximum atomic E-state index is 4.66. The molecule has 0 fully saturated rings. The van der Waals surface area contributed by atoms with Crippen molar-refractivity contribution < 1.29 is 0 Å². The standard InChI is InChI=1S/C19H22N4/c1-12(2)20-18-16-7-5-6-8-17(16)22-19(23-18)21-15-10-13(3)9-14(4)11-15/h5-12H,1-4H3,(H2,20,21,22,23). The van der Waals surface area contributed by atoms with Gasteiger partial charge in [-0.2, -0.15) is 4.98 Å². The molecule has 0 saturated carbocycles. The van der Waals surface area contributed by atoms with Gasteiger partial charge in [0.05, 0.1) is 5.52 Å². The number of rotatable bonds is 4. The molecule has 1 aromatic heterocycles. The van der Waals surface area contributed by atoms with Gasteiger partial charge in [0.2, 0.25) is 5.95 Å². The van der Waals surface area contributed by atoms with E-state index in [-0.39, 0.29) is 0 Å². The van der Waals surface area contributed by atoms with Crippen molar-refractivity contribution in [3.8, 4) is 0 Å². The molecule has 23 heavy (non-hydrogen) atoms. The van der Waals surface area contributed by atoms with Crippen LogP contribution in [0.2, 0.25) is 0 Å². The lowest BCUT2D eigenvalue weighted by Crippen LogP contribution is -2.12. The number of hydrogen-bond donors (Lipinski definition) is 2. The normalized spacial score (nSPS) is 11.0. The molecule has 0 aliphatic carbocycles. The van der Waals surface area contributed by atoms with Gasteiger partial charge in [-0.25, -0.2) is 4.98 Å². The lowest BCUT2D eigenvalue weighted by atomic mass is 10.1. The van der Waals surface area contributed by atoms with Gasteiger partial charge in [0.1, 0.15) is 5.82 Å². The van der Waals surface area contributed by atoms with E-state index < -0.39 is 0 Å². The number of aromatic nitrogens is 2. The largest absolute Gasteiger partial charge is 0.367 e. The number of anilines is 3. The summed E-state index contributed by atoms with van der Waals surface area (Å²) < 4.78 is 0. The second-order valence-electron chi connectivity index (χ2n) is 6.21. The number of nitrogens with zero attached hydrogens (tertiary/aromatic N) is 2. The predicted octanol–water partition coefficient (Wildman–Crippen LogP) is 4.81. The number of para-hydroxylation sites is 1. The smallest absolute Gasteiger partial charge is 0.229 e. The fourth-order valence-corrected chi connectivity index (χ4v) is 2.69. The van der Waals surface area contributed by atoms with Gasteiger partial charge in [0.15, 0.2) is 0 Å². The first kappa shape index (κ1) is 15.3. The molecule has 2 N–H and O–H groups in total. The molecular weight excluding hydrogens is 284 g/mol. The SMILES string of the molecule is Cc1cc(C)cc(Nc2nc(NC(C)C)c3ccccc3n2)c1. The van der Waals surface area contributed by atoms with E-state index in [1.807, 2.05) is 24.3 Å². The first-order valence-electron chi connectivity index (χ1n) is 7.90. The van der Waals surface area contributed by atoms with Gasteiger partial charge in [-0.3, -0.25) is 0 Å². The Hall–Kier alpha value is -2.62. The summed E-state index contributed by atoms with van der Waals surface area (Å²) in [4.78, 5) is 9.30. The average Bonchev–Trinajstić information content (AvgIpc) is 2.45. The maximum absolute atomic E-state index is 4.66. The Balaban J connectivity index is 2.03. The second-order valence-corrected chi connectivity index (χ2v) is 6.21. The molecular formula is C19H22N4. The zero-order valence-electron chi connectivity index (χ0n) is 14.0. The van der Waals surface area contributed by atoms with Crippen molar-refractivity contribution in [1.82, 2.24) is 9.97 Å². The molecule has 2 aromatic carbocycles. The van der Waals surface area contributed by atoms with Crippen LogP contribution in [0.4, 0.5) is 17.5 Å². The predicted molar refractivity (Wildman–Crippen MR) is 97.5 cm³/mol. The van der Waals surface area contributed by atoms with Crippen LogP contribution in [0, 0.1) is 13.8 Å². The molecule has 118 valence electrons. The summed E-state index contributed by atoms with van der Waals surface area (Å²) in [5.41, 5.74) is 4.37. The van der Waals surface area contributed by atoms with Gasteiger partial charge in [-0.05, 0) is 63.1 Å². The number of nitrogens with one attached hydrogen (secondary N) is 2. The third-order valence-corrected chi connectivity index (χ3v) is 3.51. The summed E-state index contributed by atoms with van der Waals surface area (Å²) in [7, 11) is 0. The summed E-state index contributed by atoms with van der Waals surface area (Å²) >= 11 is 0. The van der Waals surface area contributed by atoms with Crippen LogP contribution in [0.3, 0.4) is 0 Å². The van der Waals surface area contributed by atoms with E-state index in [1.165, 1.54) is 11.1 Å². The molecule has 0 amide bonds. The highest BCUT2D eigenvalue weighted by atomic mass is 15.1. The Bertz CT molecular complexity index is 820. The Morgan fingerprint density at radius 3 is 2.30 bits per heavy atom. The molecule has 0 atom stereocenters. The van der Waals surface area contributed by atoms with Gasteiger partial charge < -0.3 is 10.6 Å². The lowest BCUT2D eigenvalue weighted by Gasteiger charge is -2.14. The maximum Gasteiger partial charge on any atom is 0.229 e. The number of fused-ring (bicyclic) bond motifs is 1. The minimum absolute atomic E-state index is 0.308. The van der Waals surface area contributed by atoms with E-state index in [2.05, 4.69) is 66.5 Å². The summed E-state index contributed by atoms with van der Waals surface area (Å²) in [6, 6.07) is 14.7. The van der Waals surface area contributed by atoms with Crippen molar-refractivity contribution in [2.75, 3.05) is 10.6 Å². The Labute approximate surface area is 137 Å². The third kappa shape index (κ3) is 3.59. The highest BCUT2D eigenvalue weighted by Gasteiger charge is 2.09. The van der Waals surface area contributed by atoms with Gasteiger partial charge in [0, 0.05) is 17.1 Å². The molecule has 0 aliphatic rings. The van der Waals surface area contributed by atoms with Crippen LogP contribution >= 0.6 is 0 Å².